The molecule has 3 nitrogen and oxygen atoms in total. The molecule has 1 unspecified atom stereocenters. The molecule has 1 N–H and O–H groups in total. The SMILES string of the molecule is FC(F)(F)C1(c2ccccc2)N=S=NSN1. The monoisotopic (exact) mass is 265 g/mol. The maximum Gasteiger partial charge on any atom is 0.433 e. The molecular formula is C8H6F3N3S2. The number of hydrogen-bond donors (Lipinski definition) is 1. The lowest BCUT2D eigenvalue weighted by atomic mass is 10.0. The lowest BCUT2D eigenvalue weighted by molar-refractivity contribution is -0.191. The minimum absolute atomic E-state index is 0.0531. The number of halogens is 3. The maximum absolute atomic E-state index is 13.1. The van der Waals surface area contributed by atoms with E-state index in [0.717, 1.165) is 0 Å². The van der Waals surface area contributed by atoms with Crippen molar-refractivity contribution in [3.05, 3.63) is 35.9 Å². The third kappa shape index (κ3) is 1.87. The second kappa shape index (κ2) is 4.19. The summed E-state index contributed by atoms with van der Waals surface area (Å²) in [6.07, 6.45) is -4.51. The summed E-state index contributed by atoms with van der Waals surface area (Å²) in [6.45, 7) is 0. The van der Waals surface area contributed by atoms with Gasteiger partial charge in [-0.1, -0.05) is 30.3 Å². The van der Waals surface area contributed by atoms with Gasteiger partial charge in [0.2, 0.25) is 0 Å². The molecule has 2 rings (SSSR count). The Balaban J connectivity index is 2.57. The molecule has 1 atom stereocenters. The third-order valence-electron chi connectivity index (χ3n) is 2.04. The van der Waals surface area contributed by atoms with Crippen molar-refractivity contribution in [2.75, 3.05) is 0 Å². The van der Waals surface area contributed by atoms with Gasteiger partial charge in [-0.15, -0.1) is 3.77 Å². The molecule has 1 heterocycles. The fraction of sp³-hybridized carbons (Fsp3) is 0.250. The number of nitrogens with one attached hydrogen (secondary N) is 1. The quantitative estimate of drug-likeness (QED) is 0.792. The zero-order chi connectivity index (χ0) is 11.6. The van der Waals surface area contributed by atoms with Gasteiger partial charge in [-0.25, -0.2) is 4.72 Å². The second-order valence-electron chi connectivity index (χ2n) is 3.02. The Morgan fingerprint density at radius 3 is 2.38 bits per heavy atom. The van der Waals surface area contributed by atoms with E-state index in [4.69, 9.17) is 0 Å². The van der Waals surface area contributed by atoms with Crippen LogP contribution in [-0.2, 0) is 17.0 Å². The summed E-state index contributed by atoms with van der Waals surface area (Å²) in [5.74, 6) is 0. The highest BCUT2D eigenvalue weighted by molar-refractivity contribution is 7.99. The van der Waals surface area contributed by atoms with Gasteiger partial charge in [-0.2, -0.15) is 17.5 Å². The van der Waals surface area contributed by atoms with Crippen molar-refractivity contribution < 1.29 is 13.2 Å². The van der Waals surface area contributed by atoms with Gasteiger partial charge in [0.1, 0.15) is 0 Å². The Labute approximate surface area is 97.6 Å². The Morgan fingerprint density at radius 1 is 1.19 bits per heavy atom. The largest absolute Gasteiger partial charge is 0.433 e. The summed E-state index contributed by atoms with van der Waals surface area (Å²) in [7, 11) is 0. The lowest BCUT2D eigenvalue weighted by Crippen LogP contribution is -2.50. The van der Waals surface area contributed by atoms with Gasteiger partial charge in [0.25, 0.3) is 5.66 Å². The van der Waals surface area contributed by atoms with Crippen LogP contribution in [-0.4, -0.2) is 6.18 Å². The van der Waals surface area contributed by atoms with Gasteiger partial charge < -0.3 is 0 Å². The van der Waals surface area contributed by atoms with E-state index in [0.29, 0.717) is 23.5 Å². The number of alkyl halides is 3. The van der Waals surface area contributed by atoms with Crippen LogP contribution in [0.3, 0.4) is 0 Å². The van der Waals surface area contributed by atoms with Crippen LogP contribution in [0.5, 0.6) is 0 Å². The van der Waals surface area contributed by atoms with Gasteiger partial charge in [0, 0.05) is 5.56 Å². The van der Waals surface area contributed by atoms with Crippen LogP contribution < -0.4 is 4.72 Å². The fourth-order valence-electron chi connectivity index (χ4n) is 1.26. The molecule has 0 spiro atoms. The standard InChI is InChI=1S/C8H6F3N3S2/c9-8(10,11)7(12-15-14-16-13-7)6-4-2-1-3-5-6/h1-5,12H. The van der Waals surface area contributed by atoms with Gasteiger partial charge >= 0.3 is 6.18 Å². The second-order valence-corrected chi connectivity index (χ2v) is 4.34. The van der Waals surface area contributed by atoms with Crippen molar-refractivity contribution in [2.45, 2.75) is 11.8 Å². The number of rotatable bonds is 1. The van der Waals surface area contributed by atoms with E-state index in [2.05, 4.69) is 12.9 Å². The van der Waals surface area contributed by atoms with Crippen molar-refractivity contribution in [3.8, 4) is 0 Å². The Kier molecular flexibility index (Phi) is 3.04. The highest BCUT2D eigenvalue weighted by Crippen LogP contribution is 2.42. The van der Waals surface area contributed by atoms with Crippen LogP contribution >= 0.6 is 12.1 Å². The molecule has 0 aliphatic carbocycles. The molecule has 86 valence electrons. The van der Waals surface area contributed by atoms with Gasteiger partial charge in [-0.05, 0) is 0 Å². The topological polar surface area (TPSA) is 36.8 Å². The normalized spacial score (nSPS) is 25.2. The summed E-state index contributed by atoms with van der Waals surface area (Å²) >= 11 is 1.20. The summed E-state index contributed by atoms with van der Waals surface area (Å²) in [5, 5.41) is 0. The molecule has 0 radical (unpaired) electrons. The van der Waals surface area contributed by atoms with Crippen molar-refractivity contribution in [3.63, 3.8) is 0 Å². The molecule has 1 aliphatic rings. The van der Waals surface area contributed by atoms with Crippen LogP contribution in [0.2, 0.25) is 0 Å². The Hall–Kier alpha value is -0.860. The summed E-state index contributed by atoms with van der Waals surface area (Å²) in [4.78, 5) is 0. The average Bonchev–Trinajstić information content (AvgIpc) is 2.30. The Bertz CT molecular complexity index is 442. The van der Waals surface area contributed by atoms with E-state index in [1.165, 1.54) is 12.1 Å². The molecule has 0 aromatic heterocycles. The van der Waals surface area contributed by atoms with Crippen LogP contribution in [0.25, 0.3) is 0 Å². The van der Waals surface area contributed by atoms with E-state index in [-0.39, 0.29) is 5.56 Å². The highest BCUT2D eigenvalue weighted by atomic mass is 32.2. The van der Waals surface area contributed by atoms with E-state index in [1.54, 1.807) is 18.2 Å². The molecule has 1 aliphatic heterocycles. The lowest BCUT2D eigenvalue weighted by Gasteiger charge is -2.31. The number of hydrogen-bond acceptors (Lipinski definition) is 4. The molecular weight excluding hydrogens is 259 g/mol. The maximum atomic E-state index is 13.1. The average molecular weight is 265 g/mol. The van der Waals surface area contributed by atoms with E-state index < -0.39 is 11.8 Å². The van der Waals surface area contributed by atoms with Crippen LogP contribution in [0.15, 0.2) is 38.5 Å². The molecule has 0 saturated heterocycles. The predicted molar refractivity (Wildman–Crippen MR) is 57.1 cm³/mol. The van der Waals surface area contributed by atoms with Crippen molar-refractivity contribution in [1.29, 1.82) is 0 Å². The molecule has 0 fully saturated rings. The van der Waals surface area contributed by atoms with Crippen LogP contribution in [0.1, 0.15) is 5.56 Å². The molecule has 16 heavy (non-hydrogen) atoms. The Morgan fingerprint density at radius 2 is 1.88 bits per heavy atom. The predicted octanol–water partition coefficient (Wildman–Crippen LogP) is 3.02. The molecule has 0 bridgehead atoms. The van der Waals surface area contributed by atoms with Gasteiger partial charge in [0.05, 0.1) is 23.5 Å². The first-order valence-corrected chi connectivity index (χ1v) is 5.71. The molecule has 1 aromatic rings. The highest BCUT2D eigenvalue weighted by Gasteiger charge is 2.57. The van der Waals surface area contributed by atoms with Crippen LogP contribution in [0, 0.1) is 0 Å². The zero-order valence-electron chi connectivity index (χ0n) is 7.73. The summed E-state index contributed by atoms with van der Waals surface area (Å²) < 4.78 is 48.5. The van der Waals surface area contributed by atoms with Gasteiger partial charge in [-0.3, -0.25) is 0 Å². The molecule has 8 heteroatoms. The first-order chi connectivity index (χ1) is 7.56. The van der Waals surface area contributed by atoms with Gasteiger partial charge in [0.15, 0.2) is 0 Å². The first-order valence-electron chi connectivity index (χ1n) is 4.20. The number of nitrogens with zero attached hydrogens (tertiary/aromatic N) is 2. The van der Waals surface area contributed by atoms with Crippen molar-refractivity contribution in [2.24, 2.45) is 8.13 Å². The summed E-state index contributed by atoms with van der Waals surface area (Å²) in [6, 6.07) is 7.51. The van der Waals surface area contributed by atoms with Crippen molar-refractivity contribution >= 4 is 23.5 Å². The molecule has 0 amide bonds. The fourth-order valence-corrected chi connectivity index (χ4v) is 2.52. The number of benzene rings is 1. The zero-order valence-corrected chi connectivity index (χ0v) is 9.36. The van der Waals surface area contributed by atoms with E-state index >= 15 is 0 Å². The summed E-state index contributed by atoms with van der Waals surface area (Å²) in [5.41, 5.74) is -2.33. The molecule has 0 saturated carbocycles. The smallest absolute Gasteiger partial charge is 0.205 e. The minimum Gasteiger partial charge on any atom is -0.205 e. The van der Waals surface area contributed by atoms with Crippen LogP contribution in [0.4, 0.5) is 13.2 Å². The minimum atomic E-state index is -4.51. The van der Waals surface area contributed by atoms with Crippen molar-refractivity contribution in [1.82, 2.24) is 4.72 Å². The third-order valence-corrected chi connectivity index (χ3v) is 3.35. The first kappa shape index (κ1) is 11.6. The van der Waals surface area contributed by atoms with E-state index in [1.807, 2.05) is 0 Å². The van der Waals surface area contributed by atoms with E-state index in [9.17, 15) is 13.2 Å². The molecule has 1 aromatic carbocycles.